The van der Waals surface area contributed by atoms with E-state index in [4.69, 9.17) is 17.0 Å². The molecule has 2 nitrogen and oxygen atoms in total. The molecule has 0 aromatic rings. The van der Waals surface area contributed by atoms with Gasteiger partial charge in [0.25, 0.3) is 0 Å². The molecule has 0 aliphatic carbocycles. The molecule has 0 aromatic carbocycles. The molecule has 1 fully saturated rings. The second-order valence-corrected chi connectivity index (χ2v) is 1.11. The van der Waals surface area contributed by atoms with Crippen LogP contribution in [-0.4, -0.2) is 28.0 Å². The molecule has 4 heteroatoms. The van der Waals surface area contributed by atoms with E-state index in [1.54, 1.807) is 0 Å². The maximum absolute atomic E-state index is 5.09. The van der Waals surface area contributed by atoms with Gasteiger partial charge in [0.1, 0.15) is 7.74 Å². The Morgan fingerprint density at radius 2 is 1.83 bits per heavy atom. The largest absolute Gasteiger partial charge is 0.416 e. The van der Waals surface area contributed by atoms with Gasteiger partial charge in [0.2, 0.25) is 0 Å². The summed E-state index contributed by atoms with van der Waals surface area (Å²) in [5.41, 5.74) is 0. The van der Waals surface area contributed by atoms with Crippen molar-refractivity contribution in [2.45, 2.75) is 0 Å². The van der Waals surface area contributed by atoms with Crippen molar-refractivity contribution in [2.24, 2.45) is 0 Å². The highest BCUT2D eigenvalue weighted by molar-refractivity contribution is 6.95. The standard InChI is InChI=1S/C2H4B2O2/c3-4-5-1-2-6-4/h1-2H2. The lowest BCUT2D eigenvalue weighted by molar-refractivity contribution is 0.365. The zero-order chi connectivity index (χ0) is 4.41. The summed E-state index contributed by atoms with van der Waals surface area (Å²) in [7, 11) is 4.64. The molecule has 1 aliphatic heterocycles. The van der Waals surface area contributed by atoms with Gasteiger partial charge in [-0.2, -0.15) is 0 Å². The van der Waals surface area contributed by atoms with Crippen molar-refractivity contribution in [3.63, 3.8) is 0 Å². The van der Waals surface area contributed by atoms with E-state index in [1.807, 2.05) is 0 Å². The molecule has 0 unspecified atom stereocenters. The molecule has 0 N–H and O–H groups in total. The Morgan fingerprint density at radius 3 is 2.00 bits per heavy atom. The molecular weight excluding hydrogens is 77.6 g/mol. The summed E-state index contributed by atoms with van der Waals surface area (Å²) < 4.78 is 9.42. The smallest absolute Gasteiger partial charge is 0.387 e. The predicted molar refractivity (Wildman–Crippen MR) is 23.4 cm³/mol. The van der Waals surface area contributed by atoms with E-state index in [1.165, 1.54) is 0 Å². The van der Waals surface area contributed by atoms with Crippen LogP contribution in [0.25, 0.3) is 0 Å². The van der Waals surface area contributed by atoms with Crippen molar-refractivity contribution >= 4 is 14.7 Å². The van der Waals surface area contributed by atoms with Crippen LogP contribution in [0.4, 0.5) is 0 Å². The van der Waals surface area contributed by atoms with Crippen molar-refractivity contribution in [3.05, 3.63) is 0 Å². The SMILES string of the molecule is [B]B1OCCO1. The van der Waals surface area contributed by atoms with Gasteiger partial charge in [-0.1, -0.05) is 0 Å². The third-order valence-corrected chi connectivity index (χ3v) is 0.648. The third-order valence-electron chi connectivity index (χ3n) is 0.648. The maximum atomic E-state index is 5.09. The lowest BCUT2D eigenvalue weighted by atomic mass is 9.63. The van der Waals surface area contributed by atoms with E-state index in [2.05, 4.69) is 0 Å². The van der Waals surface area contributed by atoms with Gasteiger partial charge in [-0.05, 0) is 0 Å². The molecule has 1 heterocycles. The summed E-state index contributed by atoms with van der Waals surface area (Å²) in [5.74, 6) is 0. The van der Waals surface area contributed by atoms with E-state index in [0.29, 0.717) is 13.2 Å². The molecule has 0 bridgehead atoms. The number of hydrogen-bond donors (Lipinski definition) is 0. The molecular formula is C2H4B2O2. The fourth-order valence-corrected chi connectivity index (χ4v) is 0.377. The van der Waals surface area contributed by atoms with Crippen LogP contribution in [-0.2, 0) is 9.31 Å². The molecule has 0 amide bonds. The number of hydrogen-bond acceptors (Lipinski definition) is 2. The van der Waals surface area contributed by atoms with E-state index in [9.17, 15) is 0 Å². The molecule has 0 saturated carbocycles. The normalized spacial score (nSPS) is 22.3. The Labute approximate surface area is 38.4 Å². The lowest BCUT2D eigenvalue weighted by Crippen LogP contribution is -2.12. The molecule has 0 atom stereocenters. The fourth-order valence-electron chi connectivity index (χ4n) is 0.377. The van der Waals surface area contributed by atoms with Gasteiger partial charge in [-0.15, -0.1) is 0 Å². The van der Waals surface area contributed by atoms with E-state index in [0.717, 1.165) is 0 Å². The summed E-state index contributed by atoms with van der Waals surface area (Å²) in [6, 6.07) is 0. The summed E-state index contributed by atoms with van der Waals surface area (Å²) in [6.07, 6.45) is 0. The lowest BCUT2D eigenvalue weighted by Gasteiger charge is -1.88. The Bertz CT molecular complexity index is 42.8. The van der Waals surface area contributed by atoms with E-state index >= 15 is 0 Å². The van der Waals surface area contributed by atoms with Crippen LogP contribution < -0.4 is 0 Å². The molecule has 0 aromatic heterocycles. The minimum absolute atomic E-state index is 0.454. The maximum Gasteiger partial charge on any atom is 0.387 e. The first-order chi connectivity index (χ1) is 2.89. The van der Waals surface area contributed by atoms with Gasteiger partial charge in [-0.3, -0.25) is 0 Å². The van der Waals surface area contributed by atoms with E-state index < -0.39 is 7.01 Å². The Hall–Kier alpha value is 0.0499. The van der Waals surface area contributed by atoms with Crippen molar-refractivity contribution in [2.75, 3.05) is 13.2 Å². The van der Waals surface area contributed by atoms with Crippen LogP contribution in [0.2, 0.25) is 0 Å². The van der Waals surface area contributed by atoms with Crippen molar-refractivity contribution in [3.8, 4) is 0 Å². The Kier molecular flexibility index (Phi) is 1.17. The van der Waals surface area contributed by atoms with Crippen LogP contribution in [0.5, 0.6) is 0 Å². The van der Waals surface area contributed by atoms with Crippen LogP contribution in [0, 0.1) is 0 Å². The summed E-state index contributed by atoms with van der Waals surface area (Å²) in [4.78, 5) is 0. The Balaban J connectivity index is 2.18. The molecule has 6 heavy (non-hydrogen) atoms. The van der Waals surface area contributed by atoms with Gasteiger partial charge in [0.15, 0.2) is 0 Å². The van der Waals surface area contributed by atoms with Gasteiger partial charge in [0, 0.05) is 0 Å². The summed E-state index contributed by atoms with van der Waals surface area (Å²) in [6.45, 7) is 1.28. The molecule has 30 valence electrons. The van der Waals surface area contributed by atoms with Gasteiger partial charge in [-0.25, -0.2) is 0 Å². The first-order valence-corrected chi connectivity index (χ1v) is 1.88. The summed E-state index contributed by atoms with van der Waals surface area (Å²) >= 11 is 0. The van der Waals surface area contributed by atoms with Crippen molar-refractivity contribution < 1.29 is 9.31 Å². The first kappa shape index (κ1) is 4.22. The van der Waals surface area contributed by atoms with Gasteiger partial charge < -0.3 is 9.31 Å². The number of rotatable bonds is 0. The van der Waals surface area contributed by atoms with Crippen molar-refractivity contribution in [1.29, 1.82) is 0 Å². The highest BCUT2D eigenvalue weighted by Gasteiger charge is 2.13. The minimum atomic E-state index is -0.454. The van der Waals surface area contributed by atoms with Crippen LogP contribution in [0.1, 0.15) is 0 Å². The minimum Gasteiger partial charge on any atom is -0.416 e. The predicted octanol–water partition coefficient (Wildman–Crippen LogP) is -0.813. The molecule has 1 rings (SSSR count). The second-order valence-electron chi connectivity index (χ2n) is 1.11. The molecule has 1 aliphatic rings. The Morgan fingerprint density at radius 1 is 1.33 bits per heavy atom. The molecule has 1 saturated heterocycles. The summed E-state index contributed by atoms with van der Waals surface area (Å²) in [5, 5.41) is 0. The van der Waals surface area contributed by atoms with Crippen LogP contribution in [0.15, 0.2) is 0 Å². The fraction of sp³-hybridized carbons (Fsp3) is 1.00. The van der Waals surface area contributed by atoms with E-state index in [-0.39, 0.29) is 0 Å². The quantitative estimate of drug-likeness (QED) is 0.355. The monoisotopic (exact) mass is 82.0 g/mol. The molecule has 0 spiro atoms. The third kappa shape index (κ3) is 0.758. The van der Waals surface area contributed by atoms with Crippen molar-refractivity contribution in [1.82, 2.24) is 0 Å². The van der Waals surface area contributed by atoms with Crippen LogP contribution >= 0.6 is 0 Å². The average molecular weight is 81.7 g/mol. The zero-order valence-corrected chi connectivity index (χ0v) is 3.39. The molecule has 2 radical (unpaired) electrons. The topological polar surface area (TPSA) is 18.5 Å². The first-order valence-electron chi connectivity index (χ1n) is 1.88. The highest BCUT2D eigenvalue weighted by Crippen LogP contribution is 1.91. The second kappa shape index (κ2) is 1.67. The van der Waals surface area contributed by atoms with Crippen LogP contribution in [0.3, 0.4) is 0 Å². The zero-order valence-electron chi connectivity index (χ0n) is 3.39. The average Bonchev–Trinajstić information content (AvgIpc) is 1.86. The van der Waals surface area contributed by atoms with Gasteiger partial charge >= 0.3 is 7.01 Å². The van der Waals surface area contributed by atoms with Gasteiger partial charge in [0.05, 0.1) is 13.2 Å². The highest BCUT2D eigenvalue weighted by atomic mass is 16.6.